The van der Waals surface area contributed by atoms with Gasteiger partial charge in [0.1, 0.15) is 30.5 Å². The van der Waals surface area contributed by atoms with Crippen LogP contribution in [0.1, 0.15) is 5.56 Å². The van der Waals surface area contributed by atoms with Crippen LogP contribution in [0.4, 0.5) is 0 Å². The van der Waals surface area contributed by atoms with Gasteiger partial charge in [0, 0.05) is 7.11 Å². The van der Waals surface area contributed by atoms with Crippen LogP contribution in [0.5, 0.6) is 0 Å². The second-order valence-electron chi connectivity index (χ2n) is 5.63. The van der Waals surface area contributed by atoms with E-state index >= 15 is 0 Å². The molecule has 5 rings (SSSR count). The van der Waals surface area contributed by atoms with Gasteiger partial charge < -0.3 is 29.4 Å². The number of nitrogens with two attached hydrogens (primary N) is 1. The van der Waals surface area contributed by atoms with Crippen molar-refractivity contribution in [3.05, 3.63) is 35.9 Å². The second-order valence-corrected chi connectivity index (χ2v) is 5.63. The van der Waals surface area contributed by atoms with E-state index in [1.807, 2.05) is 30.3 Å². The Morgan fingerprint density at radius 1 is 1.00 bits per heavy atom. The summed E-state index contributed by atoms with van der Waals surface area (Å²) in [6.45, 7) is -0.155. The molecule has 1 aliphatic carbocycles. The fourth-order valence-corrected chi connectivity index (χ4v) is 3.38. The number of hydrogen-bond acceptors (Lipinski definition) is 6. The van der Waals surface area contributed by atoms with Crippen LogP contribution < -0.4 is 5.73 Å². The first-order chi connectivity index (χ1) is 10.3. The van der Waals surface area contributed by atoms with E-state index in [9.17, 15) is 0 Å². The maximum atomic E-state index is 6.23. The van der Waals surface area contributed by atoms with Gasteiger partial charge in [-0.15, -0.1) is 0 Å². The Labute approximate surface area is 123 Å². The molecule has 6 heteroatoms. The third-order valence-corrected chi connectivity index (χ3v) is 4.42. The summed E-state index contributed by atoms with van der Waals surface area (Å²) in [5.74, 6) is 0. The quantitative estimate of drug-likeness (QED) is 0.866. The predicted molar refractivity (Wildman–Crippen MR) is 72.2 cm³/mol. The smallest absolute Gasteiger partial charge is 0.272 e. The van der Waals surface area contributed by atoms with Gasteiger partial charge in [0.05, 0.1) is 12.6 Å². The molecule has 4 bridgehead atoms. The van der Waals surface area contributed by atoms with E-state index in [4.69, 9.17) is 29.4 Å². The molecule has 4 aliphatic rings. The summed E-state index contributed by atoms with van der Waals surface area (Å²) < 4.78 is 28.6. The normalized spacial score (nSPS) is 44.2. The molecule has 2 N–H and O–H groups in total. The predicted octanol–water partition coefficient (Wildman–Crippen LogP) is 0.394. The topological polar surface area (TPSA) is 72.2 Å². The third-order valence-electron chi connectivity index (χ3n) is 4.42. The fourth-order valence-electron chi connectivity index (χ4n) is 3.38. The molecule has 3 aliphatic heterocycles. The number of benzene rings is 1. The van der Waals surface area contributed by atoms with E-state index in [-0.39, 0.29) is 36.6 Å². The molecule has 6 nitrogen and oxygen atoms in total. The van der Waals surface area contributed by atoms with E-state index in [1.54, 1.807) is 7.11 Å². The van der Waals surface area contributed by atoms with Gasteiger partial charge in [-0.2, -0.15) is 0 Å². The Hall–Kier alpha value is -1.02. The molecule has 0 radical (unpaired) electrons. The highest BCUT2D eigenvalue weighted by Crippen LogP contribution is 2.41. The lowest BCUT2D eigenvalue weighted by molar-refractivity contribution is -0.471. The van der Waals surface area contributed by atoms with Gasteiger partial charge in [0.25, 0.3) is 6.48 Å². The Morgan fingerprint density at radius 2 is 1.67 bits per heavy atom. The van der Waals surface area contributed by atoms with Gasteiger partial charge in [-0.25, -0.2) is 0 Å². The zero-order valence-electron chi connectivity index (χ0n) is 11.8. The summed E-state index contributed by atoms with van der Waals surface area (Å²) in [4.78, 5) is 0. The van der Waals surface area contributed by atoms with Crippen molar-refractivity contribution in [2.75, 3.05) is 7.11 Å². The highest BCUT2D eigenvalue weighted by atomic mass is 16.9. The van der Waals surface area contributed by atoms with E-state index in [0.29, 0.717) is 6.61 Å². The summed E-state index contributed by atoms with van der Waals surface area (Å²) >= 11 is 0. The maximum Gasteiger partial charge on any atom is 0.272 e. The van der Waals surface area contributed by atoms with Gasteiger partial charge in [0.15, 0.2) is 0 Å². The molecule has 1 aromatic carbocycles. The standard InChI is InChI=1S/C15H19NO5/c1-17-12-10-9(16)11-13(14(12)21-15(19-10)20-11)18-7-8-5-3-2-4-6-8/h2-6,9-15H,7,16H2,1H3/t9-,10-,11-,12+,13-,14-,15+/m1/s1. The first-order valence-corrected chi connectivity index (χ1v) is 7.18. The lowest BCUT2D eigenvalue weighted by Gasteiger charge is -2.58. The zero-order valence-corrected chi connectivity index (χ0v) is 11.8. The van der Waals surface area contributed by atoms with Crippen LogP contribution in [0, 0.1) is 0 Å². The van der Waals surface area contributed by atoms with Crippen LogP contribution >= 0.6 is 0 Å². The van der Waals surface area contributed by atoms with Gasteiger partial charge in [-0.3, -0.25) is 0 Å². The molecule has 0 aromatic heterocycles. The minimum Gasteiger partial charge on any atom is -0.376 e. The molecule has 4 fully saturated rings. The molecule has 0 unspecified atom stereocenters. The molecular formula is C15H19NO5. The van der Waals surface area contributed by atoms with Crippen molar-refractivity contribution in [3.63, 3.8) is 0 Å². The molecule has 0 amide bonds. The average Bonchev–Trinajstić information content (AvgIpc) is 2.52. The number of hydrogen-bond donors (Lipinski definition) is 1. The molecule has 114 valence electrons. The van der Waals surface area contributed by atoms with Crippen molar-refractivity contribution >= 4 is 0 Å². The molecule has 3 heterocycles. The average molecular weight is 293 g/mol. The van der Waals surface area contributed by atoms with Crippen molar-refractivity contribution in [2.45, 2.75) is 49.6 Å². The highest BCUT2D eigenvalue weighted by Gasteiger charge is 2.61. The molecule has 7 atom stereocenters. The van der Waals surface area contributed by atoms with Crippen molar-refractivity contribution in [1.82, 2.24) is 0 Å². The first-order valence-electron chi connectivity index (χ1n) is 7.18. The molecule has 1 aromatic rings. The number of ether oxygens (including phenoxy) is 5. The van der Waals surface area contributed by atoms with Crippen LogP contribution in [-0.4, -0.2) is 50.1 Å². The molecule has 1 saturated carbocycles. The SMILES string of the molecule is CO[C@@H]1[C@H]2O[C@H]3O[C@@H]1[C@@H](N)[C@@H](O3)[C@H]2OCc1ccccc1. The van der Waals surface area contributed by atoms with Crippen molar-refractivity contribution in [3.8, 4) is 0 Å². The second kappa shape index (κ2) is 5.31. The first kappa shape index (κ1) is 13.6. The minimum absolute atomic E-state index is 0.200. The zero-order chi connectivity index (χ0) is 14.4. The summed E-state index contributed by atoms with van der Waals surface area (Å²) in [6.07, 6.45) is -1.10. The fraction of sp³-hybridized carbons (Fsp3) is 0.600. The van der Waals surface area contributed by atoms with Gasteiger partial charge in [0.2, 0.25) is 0 Å². The lowest BCUT2D eigenvalue weighted by Crippen LogP contribution is -2.77. The van der Waals surface area contributed by atoms with E-state index in [0.717, 1.165) is 5.56 Å². The van der Waals surface area contributed by atoms with E-state index in [2.05, 4.69) is 0 Å². The molecule has 21 heavy (non-hydrogen) atoms. The molecule has 3 saturated heterocycles. The highest BCUT2D eigenvalue weighted by molar-refractivity contribution is 5.14. The lowest BCUT2D eigenvalue weighted by atomic mass is 9.81. The van der Waals surface area contributed by atoms with Crippen LogP contribution in [0.15, 0.2) is 30.3 Å². The van der Waals surface area contributed by atoms with Gasteiger partial charge in [-0.1, -0.05) is 30.3 Å². The van der Waals surface area contributed by atoms with Crippen molar-refractivity contribution in [1.29, 1.82) is 0 Å². The summed E-state index contributed by atoms with van der Waals surface area (Å²) in [5.41, 5.74) is 7.33. The maximum absolute atomic E-state index is 6.23. The van der Waals surface area contributed by atoms with Crippen LogP contribution in [0.3, 0.4) is 0 Å². The Kier molecular flexibility index (Phi) is 3.45. The molecule has 0 spiro atoms. The monoisotopic (exact) mass is 293 g/mol. The Bertz CT molecular complexity index is 498. The minimum atomic E-state index is -0.646. The van der Waals surface area contributed by atoms with Crippen LogP contribution in [-0.2, 0) is 30.3 Å². The Balaban J connectivity index is 1.52. The van der Waals surface area contributed by atoms with Gasteiger partial charge >= 0.3 is 0 Å². The van der Waals surface area contributed by atoms with Gasteiger partial charge in [-0.05, 0) is 5.56 Å². The Morgan fingerprint density at radius 3 is 2.38 bits per heavy atom. The third kappa shape index (κ3) is 2.19. The van der Waals surface area contributed by atoms with E-state index in [1.165, 1.54) is 0 Å². The summed E-state index contributed by atoms with van der Waals surface area (Å²) in [6, 6.07) is 9.73. The van der Waals surface area contributed by atoms with Crippen molar-refractivity contribution in [2.24, 2.45) is 5.73 Å². The number of rotatable bonds is 4. The summed E-state index contributed by atoms with van der Waals surface area (Å²) in [5, 5.41) is 0. The van der Waals surface area contributed by atoms with Crippen molar-refractivity contribution < 1.29 is 23.7 Å². The van der Waals surface area contributed by atoms with Crippen LogP contribution in [0.2, 0.25) is 0 Å². The van der Waals surface area contributed by atoms with E-state index < -0.39 is 6.48 Å². The largest absolute Gasteiger partial charge is 0.376 e. The summed E-state index contributed by atoms with van der Waals surface area (Å²) in [7, 11) is 1.64. The number of methoxy groups -OCH3 is 1. The van der Waals surface area contributed by atoms with Crippen LogP contribution in [0.25, 0.3) is 0 Å². The molecular weight excluding hydrogens is 274 g/mol.